The lowest BCUT2D eigenvalue weighted by molar-refractivity contribution is 0.505. The molecule has 0 radical (unpaired) electrons. The van der Waals surface area contributed by atoms with E-state index in [2.05, 4.69) is 25.9 Å². The smallest absolute Gasteiger partial charge is 0.199 e. The summed E-state index contributed by atoms with van der Waals surface area (Å²) in [5, 5.41) is 0. The van der Waals surface area contributed by atoms with E-state index >= 15 is 0 Å². The molecule has 0 amide bonds. The van der Waals surface area contributed by atoms with Gasteiger partial charge in [0, 0.05) is 10.7 Å². The molecule has 0 aromatic carbocycles. The molecule has 4 heteroatoms. The number of nitrogens with zero attached hydrogens (tertiary/aromatic N) is 2. The van der Waals surface area contributed by atoms with E-state index < -0.39 is 0 Å². The Morgan fingerprint density at radius 3 is 2.92 bits per heavy atom. The molecule has 2 rings (SSSR count). The summed E-state index contributed by atoms with van der Waals surface area (Å²) in [7, 11) is 0. The largest absolute Gasteiger partial charge is 0.449 e. The van der Waals surface area contributed by atoms with E-state index in [-0.39, 0.29) is 0 Å². The van der Waals surface area contributed by atoms with E-state index in [4.69, 9.17) is 4.42 Å². The predicted octanol–water partition coefficient (Wildman–Crippen LogP) is 2.42. The van der Waals surface area contributed by atoms with Crippen molar-refractivity contribution in [2.24, 2.45) is 0 Å². The standard InChI is InChI=1S/C9H7BrN2O/c10-7-1-2-11-8(5-7)6-9-12-3-4-13-9/h1-5H,6H2. The molecule has 13 heavy (non-hydrogen) atoms. The number of pyridine rings is 1. The lowest BCUT2D eigenvalue weighted by Crippen LogP contribution is -1.91. The minimum Gasteiger partial charge on any atom is -0.449 e. The molecule has 0 saturated heterocycles. The Kier molecular flexibility index (Phi) is 2.40. The molecule has 2 heterocycles. The van der Waals surface area contributed by atoms with Crippen LogP contribution in [0.1, 0.15) is 11.6 Å². The molecule has 0 saturated carbocycles. The molecule has 0 bridgehead atoms. The fraction of sp³-hybridized carbons (Fsp3) is 0.111. The van der Waals surface area contributed by atoms with Gasteiger partial charge >= 0.3 is 0 Å². The summed E-state index contributed by atoms with van der Waals surface area (Å²) in [5.41, 5.74) is 0.942. The molecule has 0 aliphatic heterocycles. The highest BCUT2D eigenvalue weighted by Crippen LogP contribution is 2.11. The van der Waals surface area contributed by atoms with Gasteiger partial charge in [-0.15, -0.1) is 0 Å². The Bertz CT molecular complexity index is 386. The van der Waals surface area contributed by atoms with Gasteiger partial charge in [-0.2, -0.15) is 0 Å². The maximum absolute atomic E-state index is 5.11. The van der Waals surface area contributed by atoms with Crippen LogP contribution in [0.4, 0.5) is 0 Å². The van der Waals surface area contributed by atoms with Gasteiger partial charge < -0.3 is 4.42 Å². The molecular weight excluding hydrogens is 232 g/mol. The highest BCUT2D eigenvalue weighted by atomic mass is 79.9. The lowest BCUT2D eigenvalue weighted by atomic mass is 10.3. The normalized spacial score (nSPS) is 10.2. The van der Waals surface area contributed by atoms with E-state index in [0.29, 0.717) is 12.3 Å². The van der Waals surface area contributed by atoms with Crippen molar-refractivity contribution in [3.63, 3.8) is 0 Å². The van der Waals surface area contributed by atoms with Crippen molar-refractivity contribution in [3.8, 4) is 0 Å². The summed E-state index contributed by atoms with van der Waals surface area (Å²) < 4.78 is 6.13. The highest BCUT2D eigenvalue weighted by Gasteiger charge is 2.01. The van der Waals surface area contributed by atoms with Gasteiger partial charge in [-0.25, -0.2) is 4.98 Å². The number of aromatic nitrogens is 2. The predicted molar refractivity (Wildman–Crippen MR) is 51.2 cm³/mol. The van der Waals surface area contributed by atoms with E-state index in [1.165, 1.54) is 0 Å². The van der Waals surface area contributed by atoms with Gasteiger partial charge in [-0.1, -0.05) is 15.9 Å². The van der Waals surface area contributed by atoms with Gasteiger partial charge in [0.1, 0.15) is 6.26 Å². The Hall–Kier alpha value is -1.16. The second kappa shape index (κ2) is 3.70. The Morgan fingerprint density at radius 1 is 1.31 bits per heavy atom. The van der Waals surface area contributed by atoms with Crippen LogP contribution in [-0.2, 0) is 6.42 Å². The van der Waals surface area contributed by atoms with Crippen molar-refractivity contribution < 1.29 is 4.42 Å². The van der Waals surface area contributed by atoms with Gasteiger partial charge in [0.05, 0.1) is 18.3 Å². The quantitative estimate of drug-likeness (QED) is 0.807. The lowest BCUT2D eigenvalue weighted by Gasteiger charge is -1.96. The Morgan fingerprint density at radius 2 is 2.23 bits per heavy atom. The summed E-state index contributed by atoms with van der Waals surface area (Å²) in [6.07, 6.45) is 5.58. The van der Waals surface area contributed by atoms with Crippen LogP contribution in [0, 0.1) is 0 Å². The van der Waals surface area contributed by atoms with Gasteiger partial charge in [0.25, 0.3) is 0 Å². The molecule has 0 aliphatic carbocycles. The van der Waals surface area contributed by atoms with Crippen molar-refractivity contribution >= 4 is 15.9 Å². The van der Waals surface area contributed by atoms with Crippen LogP contribution in [0.5, 0.6) is 0 Å². The molecule has 2 aromatic rings. The zero-order valence-corrected chi connectivity index (χ0v) is 8.36. The summed E-state index contributed by atoms with van der Waals surface area (Å²) in [6.45, 7) is 0. The van der Waals surface area contributed by atoms with Gasteiger partial charge in [-0.3, -0.25) is 4.98 Å². The third-order valence-electron chi connectivity index (χ3n) is 1.59. The summed E-state index contributed by atoms with van der Waals surface area (Å²) in [4.78, 5) is 8.20. The average Bonchev–Trinajstić information content (AvgIpc) is 2.57. The summed E-state index contributed by atoms with van der Waals surface area (Å²) >= 11 is 3.38. The number of oxazole rings is 1. The van der Waals surface area contributed by atoms with Crippen molar-refractivity contribution in [2.75, 3.05) is 0 Å². The van der Waals surface area contributed by atoms with Crippen molar-refractivity contribution in [1.29, 1.82) is 0 Å². The Balaban J connectivity index is 2.19. The number of hydrogen-bond acceptors (Lipinski definition) is 3. The zero-order valence-electron chi connectivity index (χ0n) is 6.77. The van der Waals surface area contributed by atoms with Crippen LogP contribution in [0.3, 0.4) is 0 Å². The van der Waals surface area contributed by atoms with Crippen molar-refractivity contribution in [3.05, 3.63) is 46.8 Å². The van der Waals surface area contributed by atoms with Gasteiger partial charge in [0.2, 0.25) is 0 Å². The number of hydrogen-bond donors (Lipinski definition) is 0. The molecule has 3 nitrogen and oxygen atoms in total. The maximum Gasteiger partial charge on any atom is 0.199 e. The SMILES string of the molecule is Brc1ccnc(Cc2ncco2)c1. The van der Waals surface area contributed by atoms with Crippen LogP contribution >= 0.6 is 15.9 Å². The molecule has 0 N–H and O–H groups in total. The maximum atomic E-state index is 5.11. The van der Waals surface area contributed by atoms with Gasteiger partial charge in [0.15, 0.2) is 5.89 Å². The van der Waals surface area contributed by atoms with E-state index in [9.17, 15) is 0 Å². The Labute approximate surface area is 84.0 Å². The minimum atomic E-state index is 0.631. The van der Waals surface area contributed by atoms with E-state index in [1.807, 2.05) is 12.1 Å². The van der Waals surface area contributed by atoms with Crippen LogP contribution in [-0.4, -0.2) is 9.97 Å². The summed E-state index contributed by atoms with van der Waals surface area (Å²) in [5.74, 6) is 0.686. The molecule has 0 atom stereocenters. The first kappa shape index (κ1) is 8.44. The van der Waals surface area contributed by atoms with Gasteiger partial charge in [-0.05, 0) is 12.1 Å². The zero-order chi connectivity index (χ0) is 9.10. The molecule has 2 aromatic heterocycles. The summed E-state index contributed by atoms with van der Waals surface area (Å²) in [6, 6.07) is 3.84. The van der Waals surface area contributed by atoms with E-state index in [0.717, 1.165) is 10.2 Å². The number of halogens is 1. The molecule has 0 unspecified atom stereocenters. The van der Waals surface area contributed by atoms with Crippen LogP contribution < -0.4 is 0 Å². The van der Waals surface area contributed by atoms with Crippen molar-refractivity contribution in [1.82, 2.24) is 9.97 Å². The first-order valence-corrected chi connectivity index (χ1v) is 4.63. The highest BCUT2D eigenvalue weighted by molar-refractivity contribution is 9.10. The third kappa shape index (κ3) is 2.15. The average molecular weight is 239 g/mol. The topological polar surface area (TPSA) is 38.9 Å². The van der Waals surface area contributed by atoms with Crippen LogP contribution in [0.25, 0.3) is 0 Å². The van der Waals surface area contributed by atoms with Crippen LogP contribution in [0.15, 0.2) is 39.7 Å². The molecule has 0 spiro atoms. The molecule has 66 valence electrons. The molecular formula is C9H7BrN2O. The first-order chi connectivity index (χ1) is 6.34. The van der Waals surface area contributed by atoms with Crippen LogP contribution in [0.2, 0.25) is 0 Å². The molecule has 0 aliphatic rings. The minimum absolute atomic E-state index is 0.631. The number of rotatable bonds is 2. The fourth-order valence-corrected chi connectivity index (χ4v) is 1.42. The third-order valence-corrected chi connectivity index (χ3v) is 2.09. The fourth-order valence-electron chi connectivity index (χ4n) is 1.04. The van der Waals surface area contributed by atoms with Crippen molar-refractivity contribution in [2.45, 2.75) is 6.42 Å². The second-order valence-corrected chi connectivity index (χ2v) is 3.48. The monoisotopic (exact) mass is 238 g/mol. The first-order valence-electron chi connectivity index (χ1n) is 3.83. The molecule has 0 fully saturated rings. The second-order valence-electron chi connectivity index (χ2n) is 2.57. The van der Waals surface area contributed by atoms with E-state index in [1.54, 1.807) is 18.7 Å².